The third kappa shape index (κ3) is 3.84. The smallest absolute Gasteiger partial charge is 0.183 e. The summed E-state index contributed by atoms with van der Waals surface area (Å²) in [6.45, 7) is 4.18. The number of hydrogen-bond acceptors (Lipinski definition) is 3. The van der Waals surface area contributed by atoms with Crippen molar-refractivity contribution in [1.29, 1.82) is 0 Å². The monoisotopic (exact) mass is 284 g/mol. The molecule has 0 N–H and O–H groups in total. The van der Waals surface area contributed by atoms with E-state index >= 15 is 0 Å². The highest BCUT2D eigenvalue weighted by atomic mass is 16.7. The van der Waals surface area contributed by atoms with Crippen molar-refractivity contribution < 1.29 is 14.2 Å². The molecule has 3 heteroatoms. The highest BCUT2D eigenvalue weighted by Gasteiger charge is 2.16. The SMILES string of the molecule is Cc1ccc(COc2ccc(C3OCCCO3)cc2)cc1. The molecule has 0 aliphatic carbocycles. The summed E-state index contributed by atoms with van der Waals surface area (Å²) < 4.78 is 17.0. The number of hydrogen-bond donors (Lipinski definition) is 0. The van der Waals surface area contributed by atoms with Gasteiger partial charge in [0.1, 0.15) is 12.4 Å². The van der Waals surface area contributed by atoms with Gasteiger partial charge in [0.25, 0.3) is 0 Å². The lowest BCUT2D eigenvalue weighted by Crippen LogP contribution is -2.17. The largest absolute Gasteiger partial charge is 0.489 e. The van der Waals surface area contributed by atoms with Gasteiger partial charge in [-0.2, -0.15) is 0 Å². The van der Waals surface area contributed by atoms with Crippen LogP contribution in [0.4, 0.5) is 0 Å². The van der Waals surface area contributed by atoms with Crippen molar-refractivity contribution in [1.82, 2.24) is 0 Å². The van der Waals surface area contributed by atoms with E-state index in [0.717, 1.165) is 30.9 Å². The number of benzene rings is 2. The van der Waals surface area contributed by atoms with Gasteiger partial charge in [0.2, 0.25) is 0 Å². The topological polar surface area (TPSA) is 27.7 Å². The summed E-state index contributed by atoms with van der Waals surface area (Å²) in [5.74, 6) is 0.857. The van der Waals surface area contributed by atoms with Crippen molar-refractivity contribution >= 4 is 0 Å². The second kappa shape index (κ2) is 6.74. The first kappa shape index (κ1) is 14.1. The molecule has 1 fully saturated rings. The minimum atomic E-state index is -0.232. The Kier molecular flexibility index (Phi) is 4.53. The van der Waals surface area contributed by atoms with Crippen LogP contribution in [0.15, 0.2) is 48.5 Å². The second-order valence-corrected chi connectivity index (χ2v) is 5.27. The zero-order valence-electron chi connectivity index (χ0n) is 12.2. The molecule has 3 nitrogen and oxygen atoms in total. The fourth-order valence-electron chi connectivity index (χ4n) is 2.25. The quantitative estimate of drug-likeness (QED) is 0.849. The highest BCUT2D eigenvalue weighted by molar-refractivity contribution is 5.29. The van der Waals surface area contributed by atoms with Gasteiger partial charge in [0.05, 0.1) is 13.2 Å². The number of aryl methyl sites for hydroxylation is 1. The predicted octanol–water partition coefficient (Wildman–Crippen LogP) is 4.01. The van der Waals surface area contributed by atoms with E-state index in [0.29, 0.717) is 6.61 Å². The molecule has 0 bridgehead atoms. The van der Waals surface area contributed by atoms with Gasteiger partial charge in [-0.25, -0.2) is 0 Å². The van der Waals surface area contributed by atoms with Crippen LogP contribution in [0.2, 0.25) is 0 Å². The first-order valence-corrected chi connectivity index (χ1v) is 7.33. The Morgan fingerprint density at radius 2 is 1.62 bits per heavy atom. The number of ether oxygens (including phenoxy) is 3. The van der Waals surface area contributed by atoms with Crippen LogP contribution in [0.3, 0.4) is 0 Å². The maximum atomic E-state index is 5.79. The van der Waals surface area contributed by atoms with E-state index in [1.165, 1.54) is 11.1 Å². The van der Waals surface area contributed by atoms with Gasteiger partial charge in [0.15, 0.2) is 6.29 Å². The van der Waals surface area contributed by atoms with Crippen molar-refractivity contribution in [2.24, 2.45) is 0 Å². The van der Waals surface area contributed by atoms with Crippen LogP contribution in [-0.4, -0.2) is 13.2 Å². The fraction of sp³-hybridized carbons (Fsp3) is 0.333. The van der Waals surface area contributed by atoms with E-state index < -0.39 is 0 Å². The molecule has 0 atom stereocenters. The Morgan fingerprint density at radius 1 is 0.952 bits per heavy atom. The van der Waals surface area contributed by atoms with Crippen LogP contribution >= 0.6 is 0 Å². The molecular weight excluding hydrogens is 264 g/mol. The molecule has 0 unspecified atom stereocenters. The average molecular weight is 284 g/mol. The molecular formula is C18H20O3. The Labute approximate surface area is 125 Å². The first-order chi connectivity index (χ1) is 10.3. The van der Waals surface area contributed by atoms with Gasteiger partial charge >= 0.3 is 0 Å². The Hall–Kier alpha value is -1.84. The Morgan fingerprint density at radius 3 is 2.29 bits per heavy atom. The summed E-state index contributed by atoms with van der Waals surface area (Å²) in [6.07, 6.45) is 0.735. The molecule has 1 aliphatic heterocycles. The van der Waals surface area contributed by atoms with E-state index in [9.17, 15) is 0 Å². The molecule has 110 valence electrons. The summed E-state index contributed by atoms with van der Waals surface area (Å²) in [5, 5.41) is 0. The van der Waals surface area contributed by atoms with Gasteiger partial charge in [-0.1, -0.05) is 42.0 Å². The zero-order valence-corrected chi connectivity index (χ0v) is 12.2. The molecule has 0 spiro atoms. The van der Waals surface area contributed by atoms with Crippen LogP contribution < -0.4 is 4.74 Å². The predicted molar refractivity (Wildman–Crippen MR) is 81.2 cm³/mol. The van der Waals surface area contributed by atoms with Crippen molar-refractivity contribution in [2.45, 2.75) is 26.2 Å². The molecule has 0 amide bonds. The summed E-state index contributed by atoms with van der Waals surface area (Å²) in [7, 11) is 0. The summed E-state index contributed by atoms with van der Waals surface area (Å²) in [5.41, 5.74) is 3.47. The van der Waals surface area contributed by atoms with Crippen molar-refractivity contribution in [3.63, 3.8) is 0 Å². The van der Waals surface area contributed by atoms with E-state index in [1.807, 2.05) is 24.3 Å². The molecule has 1 heterocycles. The molecule has 0 radical (unpaired) electrons. The van der Waals surface area contributed by atoms with E-state index in [1.54, 1.807) is 0 Å². The van der Waals surface area contributed by atoms with E-state index in [2.05, 4.69) is 31.2 Å². The fourth-order valence-corrected chi connectivity index (χ4v) is 2.25. The molecule has 2 aromatic carbocycles. The third-order valence-electron chi connectivity index (χ3n) is 3.51. The van der Waals surface area contributed by atoms with E-state index in [-0.39, 0.29) is 6.29 Å². The van der Waals surface area contributed by atoms with Gasteiger partial charge in [-0.15, -0.1) is 0 Å². The minimum Gasteiger partial charge on any atom is -0.489 e. The normalized spacial score (nSPS) is 15.9. The lowest BCUT2D eigenvalue weighted by atomic mass is 10.1. The van der Waals surface area contributed by atoms with Gasteiger partial charge < -0.3 is 14.2 Å². The third-order valence-corrected chi connectivity index (χ3v) is 3.51. The minimum absolute atomic E-state index is 0.232. The molecule has 3 rings (SSSR count). The van der Waals surface area contributed by atoms with Gasteiger partial charge in [0, 0.05) is 5.56 Å². The molecule has 21 heavy (non-hydrogen) atoms. The van der Waals surface area contributed by atoms with Crippen LogP contribution in [0, 0.1) is 6.92 Å². The average Bonchev–Trinajstić information content (AvgIpc) is 2.56. The van der Waals surface area contributed by atoms with Crippen LogP contribution in [0.25, 0.3) is 0 Å². The van der Waals surface area contributed by atoms with Crippen LogP contribution in [0.5, 0.6) is 5.75 Å². The lowest BCUT2D eigenvalue weighted by molar-refractivity contribution is -0.183. The molecule has 1 aliphatic rings. The van der Waals surface area contributed by atoms with Crippen molar-refractivity contribution in [3.8, 4) is 5.75 Å². The molecule has 2 aromatic rings. The summed E-state index contributed by atoms with van der Waals surface area (Å²) in [4.78, 5) is 0. The summed E-state index contributed by atoms with van der Waals surface area (Å²) in [6, 6.07) is 16.3. The zero-order chi connectivity index (χ0) is 14.5. The standard InChI is InChI=1S/C18H20O3/c1-14-3-5-15(6-4-14)13-21-17-9-7-16(8-10-17)18-19-11-2-12-20-18/h3-10,18H,2,11-13H2,1H3. The van der Waals surface area contributed by atoms with Gasteiger partial charge in [-0.05, 0) is 31.0 Å². The molecule has 1 saturated heterocycles. The molecule has 0 aromatic heterocycles. The Bertz CT molecular complexity index is 554. The maximum Gasteiger partial charge on any atom is 0.183 e. The second-order valence-electron chi connectivity index (χ2n) is 5.27. The van der Waals surface area contributed by atoms with Crippen LogP contribution in [0.1, 0.15) is 29.4 Å². The van der Waals surface area contributed by atoms with E-state index in [4.69, 9.17) is 14.2 Å². The van der Waals surface area contributed by atoms with Crippen molar-refractivity contribution in [2.75, 3.05) is 13.2 Å². The van der Waals surface area contributed by atoms with Crippen LogP contribution in [-0.2, 0) is 16.1 Å². The maximum absolute atomic E-state index is 5.79. The summed E-state index contributed by atoms with van der Waals surface area (Å²) >= 11 is 0. The highest BCUT2D eigenvalue weighted by Crippen LogP contribution is 2.25. The van der Waals surface area contributed by atoms with Gasteiger partial charge in [-0.3, -0.25) is 0 Å². The molecule has 0 saturated carbocycles. The first-order valence-electron chi connectivity index (χ1n) is 7.33. The number of rotatable bonds is 4. The lowest BCUT2D eigenvalue weighted by Gasteiger charge is -2.23. The Balaban J connectivity index is 1.57. The van der Waals surface area contributed by atoms with Crippen molar-refractivity contribution in [3.05, 3.63) is 65.2 Å².